The summed E-state index contributed by atoms with van der Waals surface area (Å²) in [6.07, 6.45) is 0. The van der Waals surface area contributed by atoms with Crippen LogP contribution in [-0.2, 0) is 13.2 Å². The van der Waals surface area contributed by atoms with Crippen molar-refractivity contribution in [2.24, 2.45) is 0 Å². The van der Waals surface area contributed by atoms with Gasteiger partial charge in [-0.3, -0.25) is 0 Å². The summed E-state index contributed by atoms with van der Waals surface area (Å²) in [5.74, 6) is 0.826. The van der Waals surface area contributed by atoms with Gasteiger partial charge < -0.3 is 14.8 Å². The van der Waals surface area contributed by atoms with E-state index < -0.39 is 0 Å². The molecular weight excluding hydrogens is 389 g/mol. The molecule has 0 aromatic heterocycles. The Kier molecular flexibility index (Phi) is 7.50. The van der Waals surface area contributed by atoms with Crippen LogP contribution in [0.3, 0.4) is 0 Å². The maximum Gasteiger partial charge on any atom is 0.180 e. The molecule has 0 saturated heterocycles. The van der Waals surface area contributed by atoms with Crippen molar-refractivity contribution in [1.82, 2.24) is 5.32 Å². The molecule has 0 spiro atoms. The second-order valence-corrected chi connectivity index (χ2v) is 7.17. The molecule has 0 aliphatic carbocycles. The van der Waals surface area contributed by atoms with Crippen molar-refractivity contribution in [3.63, 3.8) is 0 Å². The number of hydrogen-bond donors (Lipinski definition) is 1. The highest BCUT2D eigenvalue weighted by Gasteiger charge is 2.14. The third kappa shape index (κ3) is 5.96. The standard InChI is InChI=1S/C24H25ClFNO2/c1-3-28-23-14-19(15-27-17(2)20-7-5-4-6-8-20)13-22(25)24(23)29-16-18-9-11-21(26)12-10-18/h4-14,17,27H,3,15-16H2,1-2H3/t17-/m0/s1. The van der Waals surface area contributed by atoms with E-state index >= 15 is 0 Å². The zero-order chi connectivity index (χ0) is 20.6. The first-order valence-electron chi connectivity index (χ1n) is 9.67. The lowest BCUT2D eigenvalue weighted by Crippen LogP contribution is -2.18. The van der Waals surface area contributed by atoms with Gasteiger partial charge in [0.25, 0.3) is 0 Å². The minimum atomic E-state index is -0.275. The van der Waals surface area contributed by atoms with E-state index in [4.69, 9.17) is 21.1 Å². The molecule has 0 radical (unpaired) electrons. The molecule has 0 aliphatic rings. The predicted octanol–water partition coefficient (Wildman–Crippen LogP) is 6.31. The van der Waals surface area contributed by atoms with Gasteiger partial charge in [-0.25, -0.2) is 4.39 Å². The molecule has 3 rings (SSSR count). The van der Waals surface area contributed by atoms with Crippen molar-refractivity contribution >= 4 is 11.6 Å². The van der Waals surface area contributed by atoms with Gasteiger partial charge in [-0.15, -0.1) is 0 Å². The summed E-state index contributed by atoms with van der Waals surface area (Å²) < 4.78 is 24.7. The molecule has 0 bridgehead atoms. The highest BCUT2D eigenvalue weighted by atomic mass is 35.5. The minimum absolute atomic E-state index is 0.208. The van der Waals surface area contributed by atoms with Crippen molar-refractivity contribution in [1.29, 1.82) is 0 Å². The van der Waals surface area contributed by atoms with Crippen LogP contribution >= 0.6 is 11.6 Å². The normalized spacial score (nSPS) is 11.9. The minimum Gasteiger partial charge on any atom is -0.490 e. The molecule has 0 saturated carbocycles. The molecule has 3 aromatic rings. The van der Waals surface area contributed by atoms with Crippen LogP contribution in [0.15, 0.2) is 66.7 Å². The fourth-order valence-electron chi connectivity index (χ4n) is 2.99. The van der Waals surface area contributed by atoms with Gasteiger partial charge in [0.15, 0.2) is 11.5 Å². The van der Waals surface area contributed by atoms with E-state index in [2.05, 4.69) is 24.4 Å². The fraction of sp³-hybridized carbons (Fsp3) is 0.250. The average Bonchev–Trinajstić information content (AvgIpc) is 2.73. The zero-order valence-electron chi connectivity index (χ0n) is 16.6. The summed E-state index contributed by atoms with van der Waals surface area (Å²) >= 11 is 6.50. The predicted molar refractivity (Wildman–Crippen MR) is 115 cm³/mol. The quantitative estimate of drug-likeness (QED) is 0.446. The third-order valence-electron chi connectivity index (χ3n) is 4.58. The Labute approximate surface area is 176 Å². The highest BCUT2D eigenvalue weighted by molar-refractivity contribution is 6.32. The molecule has 0 heterocycles. The molecule has 3 nitrogen and oxygen atoms in total. The number of nitrogens with one attached hydrogen (secondary N) is 1. The third-order valence-corrected chi connectivity index (χ3v) is 4.86. The summed E-state index contributed by atoms with van der Waals surface area (Å²) in [6.45, 7) is 5.47. The lowest BCUT2D eigenvalue weighted by molar-refractivity contribution is 0.269. The summed E-state index contributed by atoms with van der Waals surface area (Å²) in [7, 11) is 0. The first-order valence-corrected chi connectivity index (χ1v) is 10.1. The van der Waals surface area contributed by atoms with Crippen LogP contribution in [-0.4, -0.2) is 6.61 Å². The van der Waals surface area contributed by atoms with Crippen LogP contribution in [0.2, 0.25) is 5.02 Å². The molecule has 0 amide bonds. The Bertz CT molecular complexity index is 916. The first kappa shape index (κ1) is 21.2. The summed E-state index contributed by atoms with van der Waals surface area (Å²) in [5, 5.41) is 3.99. The summed E-state index contributed by atoms with van der Waals surface area (Å²) in [4.78, 5) is 0. The highest BCUT2D eigenvalue weighted by Crippen LogP contribution is 2.37. The zero-order valence-corrected chi connectivity index (χ0v) is 17.4. The maximum absolute atomic E-state index is 13.1. The topological polar surface area (TPSA) is 30.5 Å². The molecule has 1 N–H and O–H groups in total. The smallest absolute Gasteiger partial charge is 0.180 e. The van der Waals surface area contributed by atoms with Crippen LogP contribution in [0.4, 0.5) is 4.39 Å². The lowest BCUT2D eigenvalue weighted by Gasteiger charge is -2.17. The lowest BCUT2D eigenvalue weighted by atomic mass is 10.1. The average molecular weight is 414 g/mol. The Balaban J connectivity index is 1.70. The second kappa shape index (κ2) is 10.3. The van der Waals surface area contributed by atoms with Gasteiger partial charge in [0.1, 0.15) is 12.4 Å². The molecule has 0 unspecified atom stereocenters. The van der Waals surface area contributed by atoms with Crippen molar-refractivity contribution in [3.8, 4) is 11.5 Å². The van der Waals surface area contributed by atoms with E-state index in [1.54, 1.807) is 12.1 Å². The van der Waals surface area contributed by atoms with E-state index in [1.807, 2.05) is 37.3 Å². The second-order valence-electron chi connectivity index (χ2n) is 6.77. The molecule has 0 fully saturated rings. The number of rotatable bonds is 9. The van der Waals surface area contributed by atoms with Gasteiger partial charge in [-0.1, -0.05) is 54.1 Å². The van der Waals surface area contributed by atoms with E-state index in [9.17, 15) is 4.39 Å². The molecule has 1 atom stereocenters. The van der Waals surface area contributed by atoms with Gasteiger partial charge in [0.05, 0.1) is 11.6 Å². The van der Waals surface area contributed by atoms with E-state index in [-0.39, 0.29) is 18.5 Å². The number of ether oxygens (including phenoxy) is 2. The van der Waals surface area contributed by atoms with Gasteiger partial charge in [-0.05, 0) is 54.8 Å². The Morgan fingerprint density at radius 2 is 1.69 bits per heavy atom. The molecule has 5 heteroatoms. The molecular formula is C24H25ClFNO2. The fourth-order valence-corrected chi connectivity index (χ4v) is 3.28. The maximum atomic E-state index is 13.1. The first-order chi connectivity index (χ1) is 14.1. The van der Waals surface area contributed by atoms with Crippen molar-refractivity contribution in [2.75, 3.05) is 6.61 Å². The summed E-state index contributed by atoms with van der Waals surface area (Å²) in [6, 6.07) is 20.5. The van der Waals surface area contributed by atoms with Gasteiger partial charge in [0.2, 0.25) is 0 Å². The SMILES string of the molecule is CCOc1cc(CN[C@@H](C)c2ccccc2)cc(Cl)c1OCc1ccc(F)cc1. The van der Waals surface area contributed by atoms with E-state index in [0.717, 1.165) is 11.1 Å². The Morgan fingerprint density at radius 3 is 2.38 bits per heavy atom. The Morgan fingerprint density at radius 1 is 0.966 bits per heavy atom. The van der Waals surface area contributed by atoms with Crippen LogP contribution in [0, 0.1) is 5.82 Å². The van der Waals surface area contributed by atoms with Crippen molar-refractivity contribution in [2.45, 2.75) is 33.0 Å². The Hall–Kier alpha value is -2.56. The van der Waals surface area contributed by atoms with Crippen molar-refractivity contribution < 1.29 is 13.9 Å². The summed E-state index contributed by atoms with van der Waals surface area (Å²) in [5.41, 5.74) is 3.09. The van der Waals surface area contributed by atoms with Gasteiger partial charge >= 0.3 is 0 Å². The monoisotopic (exact) mass is 413 g/mol. The van der Waals surface area contributed by atoms with Crippen LogP contribution in [0.5, 0.6) is 11.5 Å². The molecule has 0 aliphatic heterocycles. The van der Waals surface area contributed by atoms with Crippen LogP contribution in [0.1, 0.15) is 36.6 Å². The van der Waals surface area contributed by atoms with E-state index in [0.29, 0.717) is 29.7 Å². The molecule has 29 heavy (non-hydrogen) atoms. The van der Waals surface area contributed by atoms with Crippen LogP contribution < -0.4 is 14.8 Å². The van der Waals surface area contributed by atoms with Gasteiger partial charge in [-0.2, -0.15) is 0 Å². The van der Waals surface area contributed by atoms with Crippen molar-refractivity contribution in [3.05, 3.63) is 94.3 Å². The largest absolute Gasteiger partial charge is 0.490 e. The molecule has 3 aromatic carbocycles. The molecule has 152 valence electrons. The number of hydrogen-bond acceptors (Lipinski definition) is 3. The van der Waals surface area contributed by atoms with E-state index in [1.165, 1.54) is 17.7 Å². The van der Waals surface area contributed by atoms with Crippen LogP contribution in [0.25, 0.3) is 0 Å². The van der Waals surface area contributed by atoms with Gasteiger partial charge in [0, 0.05) is 12.6 Å². The number of halogens is 2. The number of benzene rings is 3.